The van der Waals surface area contributed by atoms with Gasteiger partial charge in [0.05, 0.1) is 17.2 Å². The number of nitro benzene ring substituents is 1. The monoisotopic (exact) mass is 298 g/mol. The fraction of sp³-hybridized carbons (Fsp3) is 0.188. The average molecular weight is 298 g/mol. The van der Waals surface area contributed by atoms with Gasteiger partial charge in [0, 0.05) is 17.7 Å². The van der Waals surface area contributed by atoms with E-state index in [1.54, 1.807) is 12.1 Å². The molecule has 3 rings (SSSR count). The molecule has 0 fully saturated rings. The van der Waals surface area contributed by atoms with Gasteiger partial charge in [-0.15, -0.1) is 0 Å². The second-order valence-electron chi connectivity index (χ2n) is 5.08. The fourth-order valence-corrected chi connectivity index (χ4v) is 2.38. The lowest BCUT2D eigenvalue weighted by Gasteiger charge is -2.29. The molecule has 0 saturated heterocycles. The molecular weight excluding hydrogens is 284 g/mol. The van der Waals surface area contributed by atoms with Crippen LogP contribution < -0.4 is 9.64 Å². The first-order chi connectivity index (χ1) is 10.6. The summed E-state index contributed by atoms with van der Waals surface area (Å²) < 4.78 is 5.48. The van der Waals surface area contributed by atoms with Crippen LogP contribution in [0.5, 0.6) is 5.75 Å². The summed E-state index contributed by atoms with van der Waals surface area (Å²) in [4.78, 5) is 24.6. The normalized spacial score (nSPS) is 13.2. The number of carbonyl (C=O) groups excluding carboxylic acids is 1. The van der Waals surface area contributed by atoms with Crippen molar-refractivity contribution in [2.45, 2.75) is 6.92 Å². The van der Waals surface area contributed by atoms with Gasteiger partial charge in [-0.2, -0.15) is 0 Å². The van der Waals surface area contributed by atoms with Crippen molar-refractivity contribution < 1.29 is 14.5 Å². The molecule has 112 valence electrons. The summed E-state index contributed by atoms with van der Waals surface area (Å²) in [6, 6.07) is 11.5. The lowest BCUT2D eigenvalue weighted by molar-refractivity contribution is -0.384. The van der Waals surface area contributed by atoms with Gasteiger partial charge in [-0.1, -0.05) is 17.7 Å². The van der Waals surface area contributed by atoms with Crippen molar-refractivity contribution in [2.75, 3.05) is 18.1 Å². The Morgan fingerprint density at radius 3 is 2.64 bits per heavy atom. The van der Waals surface area contributed by atoms with Crippen LogP contribution >= 0.6 is 0 Å². The van der Waals surface area contributed by atoms with Crippen molar-refractivity contribution >= 4 is 17.3 Å². The molecule has 1 aliphatic heterocycles. The van der Waals surface area contributed by atoms with Gasteiger partial charge >= 0.3 is 0 Å². The maximum atomic E-state index is 12.7. The number of ether oxygens (including phenoxy) is 1. The molecule has 0 aliphatic carbocycles. The van der Waals surface area contributed by atoms with Crippen molar-refractivity contribution in [2.24, 2.45) is 0 Å². The average Bonchev–Trinajstić information content (AvgIpc) is 2.53. The topological polar surface area (TPSA) is 72.7 Å². The van der Waals surface area contributed by atoms with Gasteiger partial charge in [-0.25, -0.2) is 0 Å². The summed E-state index contributed by atoms with van der Waals surface area (Å²) in [6.07, 6.45) is 0. The Morgan fingerprint density at radius 2 is 1.95 bits per heavy atom. The van der Waals surface area contributed by atoms with Crippen LogP contribution in [0.2, 0.25) is 0 Å². The SMILES string of the molecule is Cc1ccc(C(=O)N2CCOc3ccc([N+](=O)[O-])cc32)cc1. The molecule has 0 aromatic heterocycles. The molecule has 1 aliphatic rings. The molecule has 0 unspecified atom stereocenters. The molecule has 6 nitrogen and oxygen atoms in total. The third kappa shape index (κ3) is 2.50. The number of benzene rings is 2. The van der Waals surface area contributed by atoms with Crippen molar-refractivity contribution in [1.29, 1.82) is 0 Å². The molecule has 0 saturated carbocycles. The smallest absolute Gasteiger partial charge is 0.271 e. The number of aryl methyl sites for hydroxylation is 1. The van der Waals surface area contributed by atoms with Crippen LogP contribution in [-0.4, -0.2) is 24.0 Å². The minimum atomic E-state index is -0.483. The Balaban J connectivity index is 1.99. The maximum absolute atomic E-state index is 12.7. The Morgan fingerprint density at radius 1 is 1.23 bits per heavy atom. The Hall–Kier alpha value is -2.89. The van der Waals surface area contributed by atoms with Crippen LogP contribution in [0.15, 0.2) is 42.5 Å². The number of hydrogen-bond acceptors (Lipinski definition) is 4. The van der Waals surface area contributed by atoms with Crippen LogP contribution in [0.3, 0.4) is 0 Å². The lowest BCUT2D eigenvalue weighted by Crippen LogP contribution is -2.38. The van der Waals surface area contributed by atoms with Gasteiger partial charge in [0.15, 0.2) is 0 Å². The van der Waals surface area contributed by atoms with Gasteiger partial charge < -0.3 is 9.64 Å². The Bertz CT molecular complexity index is 740. The van der Waals surface area contributed by atoms with E-state index < -0.39 is 4.92 Å². The molecule has 0 spiro atoms. The first-order valence-electron chi connectivity index (χ1n) is 6.86. The second kappa shape index (κ2) is 5.48. The minimum absolute atomic E-state index is 0.0639. The molecule has 0 bridgehead atoms. The van der Waals surface area contributed by atoms with Crippen LogP contribution in [0.1, 0.15) is 15.9 Å². The fourth-order valence-electron chi connectivity index (χ4n) is 2.38. The van der Waals surface area contributed by atoms with E-state index in [9.17, 15) is 14.9 Å². The lowest BCUT2D eigenvalue weighted by atomic mass is 10.1. The van der Waals surface area contributed by atoms with Crippen LogP contribution in [0, 0.1) is 17.0 Å². The minimum Gasteiger partial charge on any atom is -0.490 e. The number of nitrogens with zero attached hydrogens (tertiary/aromatic N) is 2. The summed E-state index contributed by atoms with van der Waals surface area (Å²) in [5.41, 5.74) is 1.98. The highest BCUT2D eigenvalue weighted by molar-refractivity contribution is 6.07. The predicted octanol–water partition coefficient (Wildman–Crippen LogP) is 2.94. The number of amides is 1. The summed E-state index contributed by atoms with van der Waals surface area (Å²) in [6.45, 7) is 2.67. The molecule has 1 amide bonds. The zero-order valence-corrected chi connectivity index (χ0v) is 12.0. The Kier molecular flexibility index (Phi) is 3.50. The number of anilines is 1. The third-order valence-electron chi connectivity index (χ3n) is 3.56. The van der Waals surface area contributed by atoms with Crippen molar-refractivity contribution in [3.63, 3.8) is 0 Å². The first-order valence-corrected chi connectivity index (χ1v) is 6.86. The van der Waals surface area contributed by atoms with E-state index in [1.807, 2.05) is 19.1 Å². The van der Waals surface area contributed by atoms with E-state index in [4.69, 9.17) is 4.74 Å². The quantitative estimate of drug-likeness (QED) is 0.631. The number of non-ortho nitro benzene ring substituents is 1. The largest absolute Gasteiger partial charge is 0.490 e. The van der Waals surface area contributed by atoms with Gasteiger partial charge in [-0.05, 0) is 25.1 Å². The number of nitro groups is 1. The zero-order valence-electron chi connectivity index (χ0n) is 12.0. The van der Waals surface area contributed by atoms with Gasteiger partial charge in [-0.3, -0.25) is 14.9 Å². The highest BCUT2D eigenvalue weighted by atomic mass is 16.6. The van der Waals surface area contributed by atoms with E-state index in [0.717, 1.165) is 5.56 Å². The molecule has 2 aromatic rings. The third-order valence-corrected chi connectivity index (χ3v) is 3.56. The number of carbonyl (C=O) groups is 1. The molecule has 1 heterocycles. The molecule has 22 heavy (non-hydrogen) atoms. The van der Waals surface area contributed by atoms with Gasteiger partial charge in [0.1, 0.15) is 12.4 Å². The molecule has 0 atom stereocenters. The highest BCUT2D eigenvalue weighted by Gasteiger charge is 2.26. The maximum Gasteiger partial charge on any atom is 0.271 e. The number of rotatable bonds is 2. The highest BCUT2D eigenvalue weighted by Crippen LogP contribution is 2.35. The molecule has 0 radical (unpaired) electrons. The zero-order chi connectivity index (χ0) is 15.7. The van der Waals surface area contributed by atoms with Crippen LogP contribution in [-0.2, 0) is 0 Å². The molecule has 6 heteroatoms. The van der Waals surface area contributed by atoms with E-state index in [1.165, 1.54) is 23.1 Å². The second-order valence-corrected chi connectivity index (χ2v) is 5.08. The first kappa shape index (κ1) is 14.1. The summed E-state index contributed by atoms with van der Waals surface area (Å²) in [7, 11) is 0. The molecule has 0 N–H and O–H groups in total. The standard InChI is InChI=1S/C16H14N2O4/c1-11-2-4-12(5-3-11)16(19)17-8-9-22-15-7-6-13(18(20)21)10-14(15)17/h2-7,10H,8-9H2,1H3. The Labute approximate surface area is 127 Å². The number of fused-ring (bicyclic) bond motifs is 1. The van der Waals surface area contributed by atoms with Crippen LogP contribution in [0.4, 0.5) is 11.4 Å². The summed E-state index contributed by atoms with van der Waals surface area (Å²) >= 11 is 0. The van der Waals surface area contributed by atoms with Crippen LogP contribution in [0.25, 0.3) is 0 Å². The van der Waals surface area contributed by atoms with E-state index in [-0.39, 0.29) is 11.6 Å². The number of hydrogen-bond donors (Lipinski definition) is 0. The van der Waals surface area contributed by atoms with Gasteiger partial charge in [0.25, 0.3) is 11.6 Å². The van der Waals surface area contributed by atoms with Crippen molar-refractivity contribution in [1.82, 2.24) is 0 Å². The van der Waals surface area contributed by atoms with Crippen molar-refractivity contribution in [3.8, 4) is 5.75 Å². The molecule has 2 aromatic carbocycles. The van der Waals surface area contributed by atoms with E-state index >= 15 is 0 Å². The molecular formula is C16H14N2O4. The summed E-state index contributed by atoms with van der Waals surface area (Å²) in [5, 5.41) is 10.9. The van der Waals surface area contributed by atoms with Crippen molar-refractivity contribution in [3.05, 3.63) is 63.7 Å². The predicted molar refractivity (Wildman–Crippen MR) is 81.4 cm³/mol. The van der Waals surface area contributed by atoms with E-state index in [0.29, 0.717) is 30.2 Å². The van der Waals surface area contributed by atoms with E-state index in [2.05, 4.69) is 0 Å². The summed E-state index contributed by atoms with van der Waals surface area (Å²) in [5.74, 6) is 0.294. The van der Waals surface area contributed by atoms with Gasteiger partial charge in [0.2, 0.25) is 0 Å².